The van der Waals surface area contributed by atoms with Crippen LogP contribution in [0.3, 0.4) is 0 Å². The number of aliphatic imine (C=N–C) groups is 1. The van der Waals surface area contributed by atoms with Crippen LogP contribution in [0.15, 0.2) is 35.3 Å². The Morgan fingerprint density at radius 2 is 2.16 bits per heavy atom. The van der Waals surface area contributed by atoms with Gasteiger partial charge in [0.1, 0.15) is 0 Å². The molecule has 0 amide bonds. The molecule has 1 saturated heterocycles. The first-order valence-electron chi connectivity index (χ1n) is 9.02. The predicted octanol–water partition coefficient (Wildman–Crippen LogP) is 3.29. The monoisotopic (exact) mass is 461 g/mol. The van der Waals surface area contributed by atoms with Gasteiger partial charge in [-0.3, -0.25) is 4.99 Å². The Kier molecular flexibility index (Phi) is 11.9. The highest BCUT2D eigenvalue weighted by molar-refractivity contribution is 14.0. The quantitative estimate of drug-likeness (QED) is 0.266. The van der Waals surface area contributed by atoms with Crippen molar-refractivity contribution in [2.24, 2.45) is 4.99 Å². The van der Waals surface area contributed by atoms with Crippen LogP contribution < -0.4 is 5.32 Å². The first-order valence-corrected chi connectivity index (χ1v) is 9.02. The molecule has 2 rings (SSSR count). The zero-order valence-corrected chi connectivity index (χ0v) is 17.8. The number of halogens is 1. The molecule has 25 heavy (non-hydrogen) atoms. The average Bonchev–Trinajstić information content (AvgIpc) is 3.11. The van der Waals surface area contributed by atoms with Crippen molar-refractivity contribution in [3.8, 4) is 0 Å². The van der Waals surface area contributed by atoms with Gasteiger partial charge >= 0.3 is 0 Å². The number of nitrogens with zero attached hydrogens (tertiary/aromatic N) is 2. The van der Waals surface area contributed by atoms with E-state index in [1.54, 1.807) is 0 Å². The van der Waals surface area contributed by atoms with Gasteiger partial charge in [0.25, 0.3) is 0 Å². The number of hydrogen-bond acceptors (Lipinski definition) is 3. The maximum Gasteiger partial charge on any atom is 0.193 e. The molecule has 0 radical (unpaired) electrons. The Hall–Kier alpha value is -0.860. The van der Waals surface area contributed by atoms with E-state index in [2.05, 4.69) is 48.5 Å². The van der Waals surface area contributed by atoms with Gasteiger partial charge in [-0.15, -0.1) is 24.0 Å². The summed E-state index contributed by atoms with van der Waals surface area (Å²) in [5.74, 6) is 0.945. The first-order chi connectivity index (χ1) is 11.8. The second kappa shape index (κ2) is 13.4. The summed E-state index contributed by atoms with van der Waals surface area (Å²) in [4.78, 5) is 6.86. The summed E-state index contributed by atoms with van der Waals surface area (Å²) in [7, 11) is 2.07. The minimum absolute atomic E-state index is 0. The average molecular weight is 461 g/mol. The highest BCUT2D eigenvalue weighted by atomic mass is 127. The van der Waals surface area contributed by atoms with Gasteiger partial charge in [0.15, 0.2) is 5.96 Å². The van der Waals surface area contributed by atoms with Crippen molar-refractivity contribution in [2.45, 2.75) is 38.8 Å². The predicted molar refractivity (Wildman–Crippen MR) is 114 cm³/mol. The van der Waals surface area contributed by atoms with Crippen LogP contribution in [0.2, 0.25) is 0 Å². The molecule has 0 aromatic heterocycles. The molecule has 0 saturated carbocycles. The molecule has 1 N–H and O–H groups in total. The van der Waals surface area contributed by atoms with Crippen LogP contribution in [-0.4, -0.2) is 56.9 Å². The van der Waals surface area contributed by atoms with E-state index in [1.807, 2.05) is 6.07 Å². The molecule has 0 aliphatic carbocycles. The second-order valence-corrected chi connectivity index (χ2v) is 6.14. The Balaban J connectivity index is 0.00000312. The van der Waals surface area contributed by atoms with E-state index >= 15 is 0 Å². The summed E-state index contributed by atoms with van der Waals surface area (Å²) in [6.45, 7) is 6.93. The molecule has 6 heteroatoms. The molecule has 1 fully saturated rings. The van der Waals surface area contributed by atoms with Gasteiger partial charge < -0.3 is 19.7 Å². The Bertz CT molecular complexity index is 479. The van der Waals surface area contributed by atoms with Gasteiger partial charge in [0.05, 0.1) is 12.7 Å². The summed E-state index contributed by atoms with van der Waals surface area (Å²) in [5.41, 5.74) is 1.28. The van der Waals surface area contributed by atoms with Crippen LogP contribution in [0, 0.1) is 0 Å². The second-order valence-electron chi connectivity index (χ2n) is 6.14. The van der Waals surface area contributed by atoms with E-state index < -0.39 is 0 Å². The maximum absolute atomic E-state index is 5.69. The molecular formula is C19H32IN3O2. The lowest BCUT2D eigenvalue weighted by molar-refractivity contribution is 0.0170. The minimum atomic E-state index is 0. The molecule has 1 atom stereocenters. The molecule has 1 aliphatic heterocycles. The van der Waals surface area contributed by atoms with E-state index in [4.69, 9.17) is 14.5 Å². The lowest BCUT2D eigenvalue weighted by atomic mass is 10.2. The van der Waals surface area contributed by atoms with E-state index in [0.29, 0.717) is 6.10 Å². The number of guanidine groups is 1. The van der Waals surface area contributed by atoms with Gasteiger partial charge in [0, 0.05) is 39.9 Å². The lowest BCUT2D eigenvalue weighted by Crippen LogP contribution is -2.38. The zero-order chi connectivity index (χ0) is 17.0. The van der Waals surface area contributed by atoms with Gasteiger partial charge in [-0.25, -0.2) is 0 Å². The van der Waals surface area contributed by atoms with Crippen molar-refractivity contribution in [1.82, 2.24) is 10.2 Å². The van der Waals surface area contributed by atoms with Crippen LogP contribution >= 0.6 is 24.0 Å². The zero-order valence-electron chi connectivity index (χ0n) is 15.4. The van der Waals surface area contributed by atoms with Gasteiger partial charge in [-0.1, -0.05) is 30.3 Å². The van der Waals surface area contributed by atoms with E-state index in [-0.39, 0.29) is 24.0 Å². The summed E-state index contributed by atoms with van der Waals surface area (Å²) in [5, 5.41) is 3.35. The first kappa shape index (κ1) is 22.2. The minimum Gasteiger partial charge on any atom is -0.379 e. The van der Waals surface area contributed by atoms with E-state index in [9.17, 15) is 0 Å². The fourth-order valence-electron chi connectivity index (χ4n) is 2.74. The van der Waals surface area contributed by atoms with Crippen molar-refractivity contribution in [3.05, 3.63) is 35.9 Å². The Labute approximate surface area is 169 Å². The Morgan fingerprint density at radius 1 is 1.36 bits per heavy atom. The number of ether oxygens (including phenoxy) is 2. The smallest absolute Gasteiger partial charge is 0.193 e. The molecule has 0 spiro atoms. The van der Waals surface area contributed by atoms with Gasteiger partial charge in [-0.2, -0.15) is 0 Å². The summed E-state index contributed by atoms with van der Waals surface area (Å²) < 4.78 is 11.2. The summed E-state index contributed by atoms with van der Waals surface area (Å²) >= 11 is 0. The number of nitrogens with one attached hydrogen (secondary N) is 1. The Morgan fingerprint density at radius 3 is 2.84 bits per heavy atom. The number of hydrogen-bond donors (Lipinski definition) is 1. The van der Waals surface area contributed by atoms with Crippen molar-refractivity contribution < 1.29 is 9.47 Å². The van der Waals surface area contributed by atoms with Crippen molar-refractivity contribution in [3.63, 3.8) is 0 Å². The molecule has 1 aliphatic rings. The normalized spacial score (nSPS) is 17.2. The van der Waals surface area contributed by atoms with Crippen molar-refractivity contribution in [1.29, 1.82) is 0 Å². The van der Waals surface area contributed by atoms with Crippen LogP contribution in [0.25, 0.3) is 0 Å². The maximum atomic E-state index is 5.69. The molecule has 142 valence electrons. The van der Waals surface area contributed by atoms with Crippen molar-refractivity contribution >= 4 is 29.9 Å². The van der Waals surface area contributed by atoms with Crippen LogP contribution in [0.4, 0.5) is 0 Å². The molecule has 1 aromatic rings. The van der Waals surface area contributed by atoms with E-state index in [0.717, 1.165) is 64.7 Å². The van der Waals surface area contributed by atoms with Crippen LogP contribution in [-0.2, 0) is 16.0 Å². The SMILES string of the molecule is CCNC(=NCCCOCC1CCCO1)N(C)Cc1ccccc1.I. The molecule has 1 heterocycles. The molecule has 0 bridgehead atoms. The third-order valence-corrected chi connectivity index (χ3v) is 4.00. The van der Waals surface area contributed by atoms with E-state index in [1.165, 1.54) is 5.56 Å². The fourth-order valence-corrected chi connectivity index (χ4v) is 2.74. The standard InChI is InChI=1S/C19H31N3O2.HI/c1-3-20-19(22(2)15-17-9-5-4-6-10-17)21-12-8-13-23-16-18-11-7-14-24-18;/h4-6,9-10,18H,3,7-8,11-16H2,1-2H3,(H,20,21);1H. The van der Waals surface area contributed by atoms with Crippen LogP contribution in [0.5, 0.6) is 0 Å². The summed E-state index contributed by atoms with van der Waals surface area (Å²) in [6.07, 6.45) is 3.54. The van der Waals surface area contributed by atoms with Crippen molar-refractivity contribution in [2.75, 3.05) is 40.0 Å². The number of benzene rings is 1. The summed E-state index contributed by atoms with van der Waals surface area (Å²) in [6, 6.07) is 10.5. The lowest BCUT2D eigenvalue weighted by Gasteiger charge is -2.22. The molecule has 1 aromatic carbocycles. The highest BCUT2D eigenvalue weighted by Gasteiger charge is 2.14. The molecular weight excluding hydrogens is 429 g/mol. The highest BCUT2D eigenvalue weighted by Crippen LogP contribution is 2.11. The number of rotatable bonds is 9. The molecule has 1 unspecified atom stereocenters. The third kappa shape index (κ3) is 8.87. The van der Waals surface area contributed by atoms with Gasteiger partial charge in [-0.05, 0) is 31.7 Å². The topological polar surface area (TPSA) is 46.1 Å². The largest absolute Gasteiger partial charge is 0.379 e. The van der Waals surface area contributed by atoms with Gasteiger partial charge in [0.2, 0.25) is 0 Å². The third-order valence-electron chi connectivity index (χ3n) is 4.00. The fraction of sp³-hybridized carbons (Fsp3) is 0.632. The molecule has 5 nitrogen and oxygen atoms in total. The van der Waals surface area contributed by atoms with Crippen LogP contribution in [0.1, 0.15) is 31.7 Å².